The van der Waals surface area contributed by atoms with E-state index in [9.17, 15) is 0 Å². The number of nitrogens with zero attached hydrogens (tertiary/aromatic N) is 3. The third-order valence-electron chi connectivity index (χ3n) is 4.58. The van der Waals surface area contributed by atoms with Gasteiger partial charge in [0.05, 0.1) is 19.5 Å². The van der Waals surface area contributed by atoms with Gasteiger partial charge in [-0.05, 0) is 39.3 Å². The normalized spacial score (nSPS) is 15.3. The summed E-state index contributed by atoms with van der Waals surface area (Å²) < 4.78 is 13.8. The quantitative estimate of drug-likeness (QED) is 0.233. The lowest BCUT2D eigenvalue weighted by Gasteiger charge is -2.14. The van der Waals surface area contributed by atoms with Gasteiger partial charge < -0.3 is 24.7 Å². The molecule has 0 fully saturated rings. The van der Waals surface area contributed by atoms with Crippen molar-refractivity contribution < 1.29 is 9.47 Å². The summed E-state index contributed by atoms with van der Waals surface area (Å²) in [5, 5.41) is 6.70. The monoisotopic (exact) mass is 513 g/mol. The Hall–Kier alpha value is -1.97. The summed E-state index contributed by atoms with van der Waals surface area (Å²) in [7, 11) is 0. The van der Waals surface area contributed by atoms with Crippen LogP contribution in [0.2, 0.25) is 0 Å². The van der Waals surface area contributed by atoms with Gasteiger partial charge in [0.1, 0.15) is 17.6 Å². The van der Waals surface area contributed by atoms with Crippen molar-refractivity contribution in [3.8, 4) is 11.5 Å². The van der Waals surface area contributed by atoms with E-state index in [1.165, 1.54) is 5.56 Å². The highest BCUT2D eigenvalue weighted by molar-refractivity contribution is 14.0. The molecule has 0 amide bonds. The highest BCUT2D eigenvalue weighted by atomic mass is 127. The molecule has 1 aliphatic rings. The van der Waals surface area contributed by atoms with Gasteiger partial charge in [0.25, 0.3) is 0 Å². The molecule has 0 spiro atoms. The summed E-state index contributed by atoms with van der Waals surface area (Å²) in [4.78, 5) is 8.81. The average Bonchev–Trinajstić information content (AvgIpc) is 3.31. The van der Waals surface area contributed by atoms with Crippen LogP contribution < -0.4 is 20.1 Å². The Morgan fingerprint density at radius 2 is 2.21 bits per heavy atom. The van der Waals surface area contributed by atoms with Crippen molar-refractivity contribution in [2.24, 2.45) is 4.99 Å². The third-order valence-corrected chi connectivity index (χ3v) is 4.58. The van der Waals surface area contributed by atoms with E-state index in [1.807, 2.05) is 19.4 Å². The lowest BCUT2D eigenvalue weighted by molar-refractivity contribution is 0.254. The number of imidazole rings is 1. The standard InChI is InChI=1S/C21H31N5O2.HI/c1-4-23-21(24-7-6-9-26-10-8-22-15-26)25-14-18-13-20-17(11-16(3)28-20)12-19(18)27-5-2;/h8,10,12-13,15-16H,4-7,9,11,14H2,1-3H3,(H2,23,24,25);1H. The number of halogens is 1. The van der Waals surface area contributed by atoms with Crippen molar-refractivity contribution in [3.05, 3.63) is 42.0 Å². The van der Waals surface area contributed by atoms with Crippen LogP contribution in [-0.4, -0.2) is 41.3 Å². The number of hydrogen-bond donors (Lipinski definition) is 2. The van der Waals surface area contributed by atoms with E-state index in [-0.39, 0.29) is 30.1 Å². The van der Waals surface area contributed by atoms with Crippen molar-refractivity contribution in [1.29, 1.82) is 0 Å². The van der Waals surface area contributed by atoms with Gasteiger partial charge in [-0.1, -0.05) is 0 Å². The number of aromatic nitrogens is 2. The lowest BCUT2D eigenvalue weighted by atomic mass is 10.1. The molecule has 0 saturated heterocycles. The fourth-order valence-corrected chi connectivity index (χ4v) is 3.29. The number of nitrogens with one attached hydrogen (secondary N) is 2. The van der Waals surface area contributed by atoms with Crippen LogP contribution in [0.1, 0.15) is 38.3 Å². The van der Waals surface area contributed by atoms with Crippen molar-refractivity contribution in [2.45, 2.75) is 52.8 Å². The highest BCUT2D eigenvalue weighted by Crippen LogP contribution is 2.35. The first-order valence-corrected chi connectivity index (χ1v) is 10.1. The first kappa shape index (κ1) is 23.3. The number of ether oxygens (including phenoxy) is 2. The smallest absolute Gasteiger partial charge is 0.191 e. The lowest BCUT2D eigenvalue weighted by Crippen LogP contribution is -2.38. The molecule has 0 saturated carbocycles. The minimum absolute atomic E-state index is 0. The van der Waals surface area contributed by atoms with Crippen LogP contribution >= 0.6 is 24.0 Å². The van der Waals surface area contributed by atoms with E-state index in [1.54, 1.807) is 6.20 Å². The number of aliphatic imine (C=N–C) groups is 1. The Balaban J connectivity index is 0.00000300. The van der Waals surface area contributed by atoms with Crippen LogP contribution in [0.25, 0.3) is 0 Å². The first-order chi connectivity index (χ1) is 13.7. The number of rotatable bonds is 9. The molecule has 8 heteroatoms. The molecule has 2 aromatic rings. The zero-order chi connectivity index (χ0) is 19.8. The van der Waals surface area contributed by atoms with E-state index in [4.69, 9.17) is 14.5 Å². The molecule has 1 aromatic carbocycles. The molecule has 29 heavy (non-hydrogen) atoms. The second-order valence-electron chi connectivity index (χ2n) is 6.91. The molecule has 2 heterocycles. The van der Waals surface area contributed by atoms with Gasteiger partial charge in [-0.3, -0.25) is 0 Å². The summed E-state index contributed by atoms with van der Waals surface area (Å²) in [6.45, 7) is 9.93. The van der Waals surface area contributed by atoms with Crippen molar-refractivity contribution >= 4 is 29.9 Å². The molecule has 0 aliphatic carbocycles. The van der Waals surface area contributed by atoms with E-state index < -0.39 is 0 Å². The molecule has 7 nitrogen and oxygen atoms in total. The molecule has 1 aliphatic heterocycles. The SMILES string of the molecule is CCNC(=NCc1cc2c(cc1OCC)CC(C)O2)NCCCn1ccnc1.I. The van der Waals surface area contributed by atoms with Gasteiger partial charge in [-0.25, -0.2) is 9.98 Å². The van der Waals surface area contributed by atoms with Crippen LogP contribution in [0.5, 0.6) is 11.5 Å². The summed E-state index contributed by atoms with van der Waals surface area (Å²) in [5.41, 5.74) is 2.26. The van der Waals surface area contributed by atoms with Gasteiger partial charge >= 0.3 is 0 Å². The summed E-state index contributed by atoms with van der Waals surface area (Å²) in [6.07, 6.45) is 7.76. The van der Waals surface area contributed by atoms with Gasteiger partial charge in [0.2, 0.25) is 0 Å². The number of guanidine groups is 1. The van der Waals surface area contributed by atoms with Gasteiger partial charge in [0.15, 0.2) is 5.96 Å². The summed E-state index contributed by atoms with van der Waals surface area (Å²) >= 11 is 0. The van der Waals surface area contributed by atoms with Crippen LogP contribution in [-0.2, 0) is 19.5 Å². The van der Waals surface area contributed by atoms with Crippen LogP contribution in [0.3, 0.4) is 0 Å². The molecule has 0 bridgehead atoms. The predicted molar refractivity (Wildman–Crippen MR) is 126 cm³/mol. The van der Waals surface area contributed by atoms with Crippen molar-refractivity contribution in [2.75, 3.05) is 19.7 Å². The fourth-order valence-electron chi connectivity index (χ4n) is 3.29. The van der Waals surface area contributed by atoms with Gasteiger partial charge in [0, 0.05) is 49.6 Å². The second-order valence-corrected chi connectivity index (χ2v) is 6.91. The Bertz CT molecular complexity index is 780. The highest BCUT2D eigenvalue weighted by Gasteiger charge is 2.21. The maximum atomic E-state index is 5.91. The van der Waals surface area contributed by atoms with Crippen LogP contribution in [0.15, 0.2) is 35.8 Å². The maximum absolute atomic E-state index is 5.91. The Morgan fingerprint density at radius 1 is 1.34 bits per heavy atom. The van der Waals surface area contributed by atoms with Crippen LogP contribution in [0, 0.1) is 0 Å². The first-order valence-electron chi connectivity index (χ1n) is 10.1. The average molecular weight is 513 g/mol. The fraction of sp³-hybridized carbons (Fsp3) is 0.524. The zero-order valence-corrected chi connectivity index (χ0v) is 19.8. The van der Waals surface area contributed by atoms with E-state index in [0.717, 1.165) is 55.5 Å². The molecule has 1 atom stereocenters. The third kappa shape index (κ3) is 6.80. The Morgan fingerprint density at radius 3 is 2.93 bits per heavy atom. The van der Waals surface area contributed by atoms with Crippen molar-refractivity contribution in [3.63, 3.8) is 0 Å². The van der Waals surface area contributed by atoms with E-state index >= 15 is 0 Å². The molecular formula is C21H32IN5O2. The minimum Gasteiger partial charge on any atom is -0.494 e. The molecule has 1 aromatic heterocycles. The summed E-state index contributed by atoms with van der Waals surface area (Å²) in [6, 6.07) is 4.19. The van der Waals surface area contributed by atoms with Gasteiger partial charge in [-0.15, -0.1) is 24.0 Å². The molecule has 160 valence electrons. The maximum Gasteiger partial charge on any atom is 0.191 e. The van der Waals surface area contributed by atoms with Gasteiger partial charge in [-0.2, -0.15) is 0 Å². The summed E-state index contributed by atoms with van der Waals surface area (Å²) in [5.74, 6) is 2.67. The Kier molecular flexibility index (Phi) is 9.56. The Labute approximate surface area is 190 Å². The minimum atomic E-state index is 0. The molecule has 1 unspecified atom stereocenters. The van der Waals surface area contributed by atoms with Crippen molar-refractivity contribution in [1.82, 2.24) is 20.2 Å². The second kappa shape index (κ2) is 11.9. The topological polar surface area (TPSA) is 72.7 Å². The number of hydrogen-bond acceptors (Lipinski definition) is 4. The molecular weight excluding hydrogens is 481 g/mol. The number of benzene rings is 1. The number of aryl methyl sites for hydroxylation is 1. The van der Waals surface area contributed by atoms with Crippen LogP contribution in [0.4, 0.5) is 0 Å². The molecule has 0 radical (unpaired) electrons. The predicted octanol–water partition coefficient (Wildman–Crippen LogP) is 3.37. The zero-order valence-electron chi connectivity index (χ0n) is 17.5. The molecule has 2 N–H and O–H groups in total. The van der Waals surface area contributed by atoms with E-state index in [0.29, 0.717) is 13.2 Å². The molecule has 3 rings (SSSR count). The largest absolute Gasteiger partial charge is 0.494 e. The van der Waals surface area contributed by atoms with E-state index in [2.05, 4.69) is 46.2 Å². The number of fused-ring (bicyclic) bond motifs is 1.